The second kappa shape index (κ2) is 8.91. The molecule has 9 heteroatoms. The molecule has 1 aliphatic heterocycles. The lowest BCUT2D eigenvalue weighted by molar-refractivity contribution is -0.387. The zero-order valence-corrected chi connectivity index (χ0v) is 17.1. The summed E-state index contributed by atoms with van der Waals surface area (Å²) < 4.78 is 13.6. The van der Waals surface area contributed by atoms with Crippen molar-refractivity contribution in [3.63, 3.8) is 0 Å². The molecule has 2 fully saturated rings. The van der Waals surface area contributed by atoms with Crippen molar-refractivity contribution < 1.29 is 9.31 Å². The predicted molar refractivity (Wildman–Crippen MR) is 114 cm³/mol. The van der Waals surface area contributed by atoms with Gasteiger partial charge in [-0.05, 0) is 50.3 Å². The number of nitrogens with zero attached hydrogens (tertiary/aromatic N) is 4. The summed E-state index contributed by atoms with van der Waals surface area (Å²) in [5, 5.41) is 17.7. The fourth-order valence-electron chi connectivity index (χ4n) is 3.73. The lowest BCUT2D eigenvalue weighted by atomic mass is 10.2. The van der Waals surface area contributed by atoms with E-state index in [0.29, 0.717) is 17.7 Å². The first-order valence-corrected chi connectivity index (χ1v) is 10.6. The Hall–Kier alpha value is -2.81. The summed E-state index contributed by atoms with van der Waals surface area (Å²) in [4.78, 5) is 21.7. The molecule has 2 aliphatic rings. The van der Waals surface area contributed by atoms with Gasteiger partial charge in [0.15, 0.2) is 0 Å². The highest BCUT2D eigenvalue weighted by atomic mass is 19.1. The second-order valence-electron chi connectivity index (χ2n) is 8.12. The van der Waals surface area contributed by atoms with Crippen molar-refractivity contribution in [1.82, 2.24) is 15.3 Å². The molecule has 0 bridgehead atoms. The van der Waals surface area contributed by atoms with Crippen LogP contribution in [0.1, 0.15) is 38.3 Å². The van der Waals surface area contributed by atoms with E-state index >= 15 is 0 Å². The van der Waals surface area contributed by atoms with Crippen LogP contribution in [-0.2, 0) is 6.42 Å². The molecule has 1 aliphatic carbocycles. The highest BCUT2D eigenvalue weighted by Crippen LogP contribution is 2.29. The van der Waals surface area contributed by atoms with Crippen LogP contribution in [0.5, 0.6) is 0 Å². The predicted octanol–water partition coefficient (Wildman–Crippen LogP) is 3.80. The van der Waals surface area contributed by atoms with Crippen LogP contribution in [0.2, 0.25) is 0 Å². The van der Waals surface area contributed by atoms with Gasteiger partial charge in [0.05, 0.1) is 4.92 Å². The highest BCUT2D eigenvalue weighted by Gasteiger charge is 2.27. The van der Waals surface area contributed by atoms with Crippen LogP contribution in [-0.4, -0.2) is 40.6 Å². The molecule has 2 aromatic rings. The first-order valence-electron chi connectivity index (χ1n) is 10.6. The smallest absolute Gasteiger partial charge is 0.306 e. The van der Waals surface area contributed by atoms with E-state index < -0.39 is 16.4 Å². The van der Waals surface area contributed by atoms with Gasteiger partial charge in [0.2, 0.25) is 11.8 Å². The molecule has 0 spiro atoms. The quantitative estimate of drug-likeness (QED) is 0.476. The summed E-state index contributed by atoms with van der Waals surface area (Å²) in [7, 11) is 0. The van der Waals surface area contributed by atoms with Gasteiger partial charge in [0.1, 0.15) is 5.82 Å². The summed E-state index contributed by atoms with van der Waals surface area (Å²) in [6.45, 7) is 5.01. The molecule has 1 saturated heterocycles. The fourth-order valence-corrected chi connectivity index (χ4v) is 3.73. The Morgan fingerprint density at radius 2 is 2.10 bits per heavy atom. The molecule has 30 heavy (non-hydrogen) atoms. The Bertz CT molecular complexity index is 920. The maximum atomic E-state index is 13.6. The topological polar surface area (TPSA) is 96.2 Å². The largest absolute Gasteiger partial charge is 0.355 e. The van der Waals surface area contributed by atoms with E-state index in [1.807, 2.05) is 6.07 Å². The molecular weight excluding hydrogens is 387 g/mol. The molecule has 0 amide bonds. The van der Waals surface area contributed by atoms with Gasteiger partial charge in [-0.15, -0.1) is 0 Å². The first-order chi connectivity index (χ1) is 14.5. The van der Waals surface area contributed by atoms with Gasteiger partial charge in [-0.1, -0.05) is 13.3 Å². The summed E-state index contributed by atoms with van der Waals surface area (Å²) in [6.07, 6.45) is 5.51. The molecule has 2 heterocycles. The van der Waals surface area contributed by atoms with Crippen LogP contribution < -0.4 is 15.5 Å². The van der Waals surface area contributed by atoms with E-state index in [-0.39, 0.29) is 0 Å². The number of halogens is 1. The third kappa shape index (κ3) is 5.02. The Morgan fingerprint density at radius 1 is 1.27 bits per heavy atom. The lowest BCUT2D eigenvalue weighted by Gasteiger charge is -2.20. The van der Waals surface area contributed by atoms with Gasteiger partial charge >= 0.3 is 5.69 Å². The molecule has 1 atom stereocenters. The summed E-state index contributed by atoms with van der Waals surface area (Å²) in [5.41, 5.74) is 0.721. The molecule has 4 rings (SSSR count). The monoisotopic (exact) mass is 414 g/mol. The van der Waals surface area contributed by atoms with E-state index in [1.165, 1.54) is 25.0 Å². The third-order valence-corrected chi connectivity index (χ3v) is 5.58. The van der Waals surface area contributed by atoms with Crippen LogP contribution in [0.4, 0.5) is 27.5 Å². The molecule has 2 N–H and O–H groups in total. The summed E-state index contributed by atoms with van der Waals surface area (Å²) >= 11 is 0. The molecule has 160 valence electrons. The van der Waals surface area contributed by atoms with Gasteiger partial charge in [-0.25, -0.2) is 4.98 Å². The van der Waals surface area contributed by atoms with Crippen LogP contribution in [0.15, 0.2) is 24.3 Å². The Balaban J connectivity index is 1.51. The maximum Gasteiger partial charge on any atom is 0.306 e. The number of nitro groups is 1. The first kappa shape index (κ1) is 20.5. The average Bonchev–Trinajstić information content (AvgIpc) is 3.43. The van der Waals surface area contributed by atoms with Crippen molar-refractivity contribution in [3.05, 3.63) is 45.9 Å². The van der Waals surface area contributed by atoms with Crippen molar-refractivity contribution in [2.24, 2.45) is 5.92 Å². The minimum absolute atomic E-state index is 0.367. The third-order valence-electron chi connectivity index (χ3n) is 5.58. The second-order valence-corrected chi connectivity index (χ2v) is 8.12. The number of hydrogen-bond acceptors (Lipinski definition) is 7. The van der Waals surface area contributed by atoms with E-state index in [2.05, 4.69) is 32.4 Å². The number of nitrogens with one attached hydrogen (secondary N) is 2. The van der Waals surface area contributed by atoms with Gasteiger partial charge in [-0.3, -0.25) is 10.1 Å². The van der Waals surface area contributed by atoms with Gasteiger partial charge < -0.3 is 15.5 Å². The van der Waals surface area contributed by atoms with Gasteiger partial charge in [0.25, 0.3) is 0 Å². The summed E-state index contributed by atoms with van der Waals surface area (Å²) in [6, 6.07) is 6.18. The van der Waals surface area contributed by atoms with Crippen LogP contribution in [0.25, 0.3) is 0 Å². The minimum Gasteiger partial charge on any atom is -0.355 e. The molecule has 1 aromatic carbocycles. The van der Waals surface area contributed by atoms with Crippen LogP contribution in [0, 0.1) is 21.8 Å². The Morgan fingerprint density at radius 3 is 2.83 bits per heavy atom. The van der Waals surface area contributed by atoms with Crippen molar-refractivity contribution in [3.8, 4) is 0 Å². The molecule has 8 nitrogen and oxygen atoms in total. The molecule has 0 radical (unpaired) electrons. The molecule has 1 aromatic heterocycles. The van der Waals surface area contributed by atoms with Crippen LogP contribution >= 0.6 is 0 Å². The standard InChI is InChI=1S/C21H27FN6O2/c1-2-3-15-11-20(27-9-8-17(13-27)23-12-14-4-5-14)26-21(24-15)25-16-6-7-18(22)19(10-16)28(29)30/h6-7,10-11,14,17,23H,2-5,8-9,12-13H2,1H3,(H,24,25,26)/t17-/m0/s1. The number of hydrogen-bond donors (Lipinski definition) is 2. The van der Waals surface area contributed by atoms with Crippen LogP contribution in [0.3, 0.4) is 0 Å². The van der Waals surface area contributed by atoms with E-state index in [9.17, 15) is 14.5 Å². The summed E-state index contributed by atoms with van der Waals surface area (Å²) in [5.74, 6) is 1.20. The number of aromatic nitrogens is 2. The van der Waals surface area contributed by atoms with Crippen molar-refractivity contribution in [1.29, 1.82) is 0 Å². The van der Waals surface area contributed by atoms with E-state index in [4.69, 9.17) is 0 Å². The molecule has 0 unspecified atom stereocenters. The SMILES string of the molecule is CCCc1cc(N2CC[C@H](NCC3CC3)C2)nc(Nc2ccc(F)c([N+](=O)[O-])c2)n1. The normalized spacial score (nSPS) is 18.6. The van der Waals surface area contributed by atoms with Gasteiger partial charge in [-0.2, -0.15) is 9.37 Å². The fraction of sp³-hybridized carbons (Fsp3) is 0.524. The molecule has 1 saturated carbocycles. The van der Waals surface area contributed by atoms with E-state index in [0.717, 1.165) is 62.4 Å². The van der Waals surface area contributed by atoms with Crippen molar-refractivity contribution in [2.45, 2.75) is 45.1 Å². The Labute approximate surface area is 175 Å². The maximum absolute atomic E-state index is 13.6. The number of rotatable bonds is 9. The lowest BCUT2D eigenvalue weighted by Crippen LogP contribution is -2.34. The minimum atomic E-state index is -0.867. The van der Waals surface area contributed by atoms with Crippen molar-refractivity contribution >= 4 is 23.1 Å². The number of aryl methyl sites for hydroxylation is 1. The number of anilines is 3. The van der Waals surface area contributed by atoms with E-state index in [1.54, 1.807) is 0 Å². The zero-order valence-electron chi connectivity index (χ0n) is 17.1. The zero-order chi connectivity index (χ0) is 21.1. The highest BCUT2D eigenvalue weighted by molar-refractivity contribution is 5.59. The Kier molecular flexibility index (Phi) is 6.08. The number of benzene rings is 1. The van der Waals surface area contributed by atoms with Gasteiger partial charge in [0, 0.05) is 42.6 Å². The van der Waals surface area contributed by atoms with Crippen molar-refractivity contribution in [2.75, 3.05) is 29.9 Å². The average molecular weight is 414 g/mol. The number of nitro benzene ring substituents is 1. The molecular formula is C21H27FN6O2.